The lowest BCUT2D eigenvalue weighted by atomic mass is 9.70. The standard InChI is InChI=1S/C42H46ClN3O7/c1-4-6-17-34(48)44-27(3)37(29-15-11-8-12-16-29)52-41(51)35-33-22-23-42(53-33)36(35)39(49)46(32(26-47)25-28-13-9-7-10-14-28)38(42)40(50)45(24-5-2)31-20-18-30(43)19-21-31/h4-5,7-16,18-21,27,32-33,35-38,47H,1-2,6,17,22-26H2,3H3,(H,44,48)/t27-,32-,33-,35+,36+,37-,38-,42+/m1/s1. The number of rotatable bonds is 16. The van der Waals surface area contributed by atoms with Crippen molar-refractivity contribution in [2.45, 2.75) is 75.0 Å². The molecule has 3 aliphatic rings. The number of nitrogens with one attached hydrogen (secondary N) is 1. The van der Waals surface area contributed by atoms with Gasteiger partial charge in [0.1, 0.15) is 17.7 Å². The highest BCUT2D eigenvalue weighted by Crippen LogP contribution is 2.59. The zero-order valence-corrected chi connectivity index (χ0v) is 30.6. The molecule has 53 heavy (non-hydrogen) atoms. The smallest absolute Gasteiger partial charge is 0.313 e. The number of fused-ring (bicyclic) bond motifs is 1. The van der Waals surface area contributed by atoms with E-state index < -0.39 is 72.2 Å². The van der Waals surface area contributed by atoms with E-state index in [0.29, 0.717) is 35.5 Å². The molecule has 8 atom stereocenters. The van der Waals surface area contributed by atoms with E-state index in [1.54, 1.807) is 43.3 Å². The zero-order chi connectivity index (χ0) is 37.7. The van der Waals surface area contributed by atoms with Gasteiger partial charge < -0.3 is 29.7 Å². The number of esters is 1. The first-order valence-corrected chi connectivity index (χ1v) is 18.5. The number of nitrogens with zero attached hydrogens (tertiary/aromatic N) is 2. The van der Waals surface area contributed by atoms with Crippen LogP contribution < -0.4 is 10.2 Å². The van der Waals surface area contributed by atoms with Gasteiger partial charge >= 0.3 is 5.97 Å². The van der Waals surface area contributed by atoms with Crippen molar-refractivity contribution in [3.8, 4) is 0 Å². The Bertz CT molecular complexity index is 1810. The van der Waals surface area contributed by atoms with E-state index in [1.807, 2.05) is 60.7 Å². The number of allylic oxidation sites excluding steroid dienone is 1. The van der Waals surface area contributed by atoms with Crippen LogP contribution in [0.5, 0.6) is 0 Å². The van der Waals surface area contributed by atoms with Crippen LogP contribution in [-0.4, -0.2) is 76.7 Å². The van der Waals surface area contributed by atoms with Crippen LogP contribution in [0.2, 0.25) is 5.02 Å². The van der Waals surface area contributed by atoms with Gasteiger partial charge in [-0.15, -0.1) is 13.2 Å². The molecule has 3 fully saturated rings. The molecule has 11 heteroatoms. The number of ether oxygens (including phenoxy) is 2. The van der Waals surface area contributed by atoms with Gasteiger partial charge in [0.05, 0.1) is 36.6 Å². The summed E-state index contributed by atoms with van der Waals surface area (Å²) in [4.78, 5) is 60.2. The molecule has 3 aromatic carbocycles. The van der Waals surface area contributed by atoms with Gasteiger partial charge in [-0.25, -0.2) is 0 Å². The lowest BCUT2D eigenvalue weighted by Crippen LogP contribution is -2.59. The summed E-state index contributed by atoms with van der Waals surface area (Å²) in [5, 5.41) is 14.3. The first-order valence-electron chi connectivity index (χ1n) is 18.1. The molecule has 3 heterocycles. The van der Waals surface area contributed by atoms with Crippen molar-refractivity contribution in [1.82, 2.24) is 10.2 Å². The van der Waals surface area contributed by atoms with E-state index >= 15 is 4.79 Å². The number of amides is 3. The molecule has 10 nitrogen and oxygen atoms in total. The number of halogens is 1. The third-order valence-corrected chi connectivity index (χ3v) is 10.9. The zero-order valence-electron chi connectivity index (χ0n) is 29.8. The molecule has 0 unspecified atom stereocenters. The van der Waals surface area contributed by atoms with Crippen LogP contribution in [0, 0.1) is 11.8 Å². The summed E-state index contributed by atoms with van der Waals surface area (Å²) < 4.78 is 13.0. The van der Waals surface area contributed by atoms with Crippen molar-refractivity contribution in [3.63, 3.8) is 0 Å². The number of hydrogen-bond acceptors (Lipinski definition) is 7. The Morgan fingerprint density at radius 3 is 2.38 bits per heavy atom. The van der Waals surface area contributed by atoms with Crippen LogP contribution in [0.1, 0.15) is 49.8 Å². The van der Waals surface area contributed by atoms with Crippen molar-refractivity contribution in [3.05, 3.63) is 126 Å². The fourth-order valence-electron chi connectivity index (χ4n) is 8.33. The molecule has 3 aliphatic heterocycles. The second-order valence-corrected chi connectivity index (χ2v) is 14.4. The minimum atomic E-state index is -1.36. The van der Waals surface area contributed by atoms with Gasteiger partial charge in [-0.2, -0.15) is 0 Å². The first kappa shape index (κ1) is 38.0. The molecule has 0 saturated carbocycles. The molecule has 0 aromatic heterocycles. The average Bonchev–Trinajstić information content (AvgIpc) is 3.82. The quantitative estimate of drug-likeness (QED) is 0.145. The maximum atomic E-state index is 15.0. The van der Waals surface area contributed by atoms with Crippen LogP contribution in [0.4, 0.5) is 5.69 Å². The molecule has 2 N–H and O–H groups in total. The minimum absolute atomic E-state index is 0.131. The Morgan fingerprint density at radius 1 is 1.06 bits per heavy atom. The third-order valence-electron chi connectivity index (χ3n) is 10.7. The number of carbonyl (C=O) groups is 4. The molecule has 1 spiro atoms. The normalized spacial score (nSPS) is 24.5. The van der Waals surface area contributed by atoms with Crippen LogP contribution in [0.3, 0.4) is 0 Å². The van der Waals surface area contributed by atoms with E-state index in [4.69, 9.17) is 21.1 Å². The lowest BCUT2D eigenvalue weighted by molar-refractivity contribution is -0.162. The highest BCUT2D eigenvalue weighted by Gasteiger charge is 2.75. The molecule has 0 radical (unpaired) electrons. The highest BCUT2D eigenvalue weighted by molar-refractivity contribution is 6.30. The van der Waals surface area contributed by atoms with Gasteiger partial charge in [0, 0.05) is 23.7 Å². The van der Waals surface area contributed by atoms with Gasteiger partial charge in [-0.1, -0.05) is 84.4 Å². The largest absolute Gasteiger partial charge is 0.455 e. The number of hydrogen-bond donors (Lipinski definition) is 2. The van der Waals surface area contributed by atoms with Crippen molar-refractivity contribution < 1.29 is 33.8 Å². The van der Waals surface area contributed by atoms with Crippen molar-refractivity contribution >= 4 is 41.0 Å². The van der Waals surface area contributed by atoms with Gasteiger partial charge in [-0.3, -0.25) is 19.2 Å². The highest BCUT2D eigenvalue weighted by atomic mass is 35.5. The monoisotopic (exact) mass is 739 g/mol. The molecule has 278 valence electrons. The number of aliphatic hydroxyl groups is 1. The molecule has 6 rings (SSSR count). The Morgan fingerprint density at radius 2 is 1.74 bits per heavy atom. The molecular weight excluding hydrogens is 694 g/mol. The van der Waals surface area contributed by atoms with E-state index in [2.05, 4.69) is 18.5 Å². The first-order chi connectivity index (χ1) is 25.6. The Balaban J connectivity index is 1.37. The van der Waals surface area contributed by atoms with Gasteiger partial charge in [0.2, 0.25) is 11.8 Å². The Labute approximate surface area is 315 Å². The van der Waals surface area contributed by atoms with Crippen molar-refractivity contribution in [2.24, 2.45) is 11.8 Å². The minimum Gasteiger partial charge on any atom is -0.455 e. The maximum absolute atomic E-state index is 15.0. The number of anilines is 1. The van der Waals surface area contributed by atoms with Gasteiger partial charge in [0.15, 0.2) is 0 Å². The second kappa shape index (κ2) is 16.5. The predicted molar refractivity (Wildman–Crippen MR) is 202 cm³/mol. The summed E-state index contributed by atoms with van der Waals surface area (Å²) >= 11 is 6.20. The summed E-state index contributed by atoms with van der Waals surface area (Å²) in [6.07, 6.45) is 3.52. The topological polar surface area (TPSA) is 125 Å². The third kappa shape index (κ3) is 7.54. The summed E-state index contributed by atoms with van der Waals surface area (Å²) in [6.45, 7) is 9.04. The summed E-state index contributed by atoms with van der Waals surface area (Å²) in [5.41, 5.74) is 0.741. The lowest BCUT2D eigenvalue weighted by Gasteiger charge is -2.39. The summed E-state index contributed by atoms with van der Waals surface area (Å²) in [5.74, 6) is -3.78. The second-order valence-electron chi connectivity index (χ2n) is 14.0. The van der Waals surface area contributed by atoms with E-state index in [1.165, 1.54) is 9.80 Å². The fourth-order valence-corrected chi connectivity index (χ4v) is 8.46. The average molecular weight is 740 g/mol. The van der Waals surface area contributed by atoms with Gasteiger partial charge in [0.25, 0.3) is 5.91 Å². The van der Waals surface area contributed by atoms with Crippen LogP contribution in [0.15, 0.2) is 110 Å². The number of aliphatic hydroxyl groups excluding tert-OH is 1. The molecule has 3 amide bonds. The molecule has 3 saturated heterocycles. The molecule has 2 bridgehead atoms. The van der Waals surface area contributed by atoms with Gasteiger partial charge in [-0.05, 0) is 68.0 Å². The molecular formula is C42H46ClN3O7. The van der Waals surface area contributed by atoms with Crippen LogP contribution >= 0.6 is 11.6 Å². The Kier molecular flexibility index (Phi) is 11.8. The van der Waals surface area contributed by atoms with Crippen molar-refractivity contribution in [2.75, 3.05) is 18.1 Å². The summed E-state index contributed by atoms with van der Waals surface area (Å²) in [7, 11) is 0. The predicted octanol–water partition coefficient (Wildman–Crippen LogP) is 5.59. The van der Waals surface area contributed by atoms with Crippen LogP contribution in [0.25, 0.3) is 0 Å². The van der Waals surface area contributed by atoms with Crippen molar-refractivity contribution in [1.29, 1.82) is 0 Å². The molecule has 0 aliphatic carbocycles. The fraction of sp³-hybridized carbons (Fsp3) is 0.381. The number of benzene rings is 3. The molecule has 3 aromatic rings. The number of likely N-dealkylation sites (tertiary alicyclic amines) is 1. The van der Waals surface area contributed by atoms with E-state index in [0.717, 1.165) is 5.56 Å². The maximum Gasteiger partial charge on any atom is 0.313 e. The van der Waals surface area contributed by atoms with Crippen LogP contribution in [-0.2, 0) is 35.1 Å². The number of carbonyl (C=O) groups excluding carboxylic acids is 4. The Hall–Kier alpha value is -4.77. The summed E-state index contributed by atoms with van der Waals surface area (Å²) in [6, 6.07) is 22.8. The van der Waals surface area contributed by atoms with E-state index in [-0.39, 0.29) is 25.3 Å². The SMILES string of the molecule is C=CCCC(=O)N[C@H](C)[C@@H](OC(=O)[C@@H]1[C@H]2C(=O)N([C@@H](CO)Cc3ccccc3)[C@H](C(=O)N(CC=C)c3ccc(Cl)cc3)[C@]23CC[C@H]1O3)c1ccccc1. The van der Waals surface area contributed by atoms with E-state index in [9.17, 15) is 19.5 Å².